The fourth-order valence-corrected chi connectivity index (χ4v) is 0.510. The monoisotopic (exact) mass is 170 g/mol. The molecule has 0 aliphatic carbocycles. The lowest BCUT2D eigenvalue weighted by atomic mass is 10.2. The predicted octanol–water partition coefficient (Wildman–Crippen LogP) is -0.312. The van der Waals surface area contributed by atoms with Crippen LogP contribution in [0.25, 0.3) is 0 Å². The molecule has 2 amide bonds. The molecule has 0 saturated heterocycles. The van der Waals surface area contributed by atoms with Crippen LogP contribution in [0.5, 0.6) is 0 Å². The maximum atomic E-state index is 10.9. The van der Waals surface area contributed by atoms with Gasteiger partial charge < -0.3 is 15.7 Å². The van der Waals surface area contributed by atoms with E-state index in [2.05, 4.69) is 16.6 Å². The molecule has 4 nitrogen and oxygen atoms in total. The van der Waals surface area contributed by atoms with Crippen molar-refractivity contribution in [2.24, 2.45) is 0 Å². The summed E-state index contributed by atoms with van der Waals surface area (Å²) in [5.41, 5.74) is 0. The van der Waals surface area contributed by atoms with Crippen molar-refractivity contribution < 1.29 is 9.90 Å². The molecule has 0 aliphatic rings. The van der Waals surface area contributed by atoms with Crippen LogP contribution < -0.4 is 10.6 Å². The molecule has 0 bridgehead atoms. The van der Waals surface area contributed by atoms with Crippen LogP contribution in [0.2, 0.25) is 0 Å². The third-order valence-corrected chi connectivity index (χ3v) is 1.43. The normalized spacial score (nSPS) is 14.2. The number of urea groups is 1. The number of amides is 2. The van der Waals surface area contributed by atoms with Crippen LogP contribution in [0.15, 0.2) is 0 Å². The molecule has 12 heavy (non-hydrogen) atoms. The number of hydrogen-bond donors (Lipinski definition) is 3. The first-order valence-corrected chi connectivity index (χ1v) is 3.73. The van der Waals surface area contributed by atoms with E-state index >= 15 is 0 Å². The summed E-state index contributed by atoms with van der Waals surface area (Å²) in [4.78, 5) is 10.9. The third-order valence-electron chi connectivity index (χ3n) is 1.43. The van der Waals surface area contributed by atoms with Gasteiger partial charge in [0.05, 0.1) is 18.7 Å². The molecule has 2 unspecified atom stereocenters. The summed E-state index contributed by atoms with van der Waals surface area (Å²) >= 11 is 0. The van der Waals surface area contributed by atoms with Gasteiger partial charge in [-0.3, -0.25) is 0 Å². The molecule has 68 valence electrons. The summed E-state index contributed by atoms with van der Waals surface area (Å²) in [5.74, 6) is 2.27. The maximum absolute atomic E-state index is 10.9. The molecule has 0 radical (unpaired) electrons. The molecule has 0 spiro atoms. The van der Waals surface area contributed by atoms with Crippen LogP contribution in [0, 0.1) is 12.3 Å². The molecule has 0 heterocycles. The SMILES string of the molecule is C#CCNC(=O)NC(C)C(C)O. The summed E-state index contributed by atoms with van der Waals surface area (Å²) in [5, 5.41) is 14.0. The highest BCUT2D eigenvalue weighted by Crippen LogP contribution is 1.88. The molecule has 0 saturated carbocycles. The lowest BCUT2D eigenvalue weighted by molar-refractivity contribution is 0.153. The van der Waals surface area contributed by atoms with E-state index in [1.165, 1.54) is 0 Å². The maximum Gasteiger partial charge on any atom is 0.315 e. The zero-order valence-electron chi connectivity index (χ0n) is 7.29. The van der Waals surface area contributed by atoms with Gasteiger partial charge in [-0.25, -0.2) is 4.79 Å². The van der Waals surface area contributed by atoms with Crippen LogP contribution in [0.1, 0.15) is 13.8 Å². The van der Waals surface area contributed by atoms with Gasteiger partial charge in [0.2, 0.25) is 0 Å². The Bertz CT molecular complexity index is 184. The standard InChI is InChI=1S/C8H14N2O2/c1-4-5-9-8(12)10-6(2)7(3)11/h1,6-7,11H,5H2,2-3H3,(H2,9,10,12). The average molecular weight is 170 g/mol. The minimum Gasteiger partial charge on any atom is -0.391 e. The van der Waals surface area contributed by atoms with E-state index in [4.69, 9.17) is 11.5 Å². The van der Waals surface area contributed by atoms with Crippen molar-refractivity contribution in [1.29, 1.82) is 0 Å². The average Bonchev–Trinajstić information content (AvgIpc) is 2.00. The number of hydrogen-bond acceptors (Lipinski definition) is 2. The molecule has 0 fully saturated rings. The van der Waals surface area contributed by atoms with Crippen molar-refractivity contribution in [2.75, 3.05) is 6.54 Å². The van der Waals surface area contributed by atoms with Crippen molar-refractivity contribution in [2.45, 2.75) is 26.0 Å². The fraction of sp³-hybridized carbons (Fsp3) is 0.625. The van der Waals surface area contributed by atoms with Crippen molar-refractivity contribution in [3.05, 3.63) is 0 Å². The Morgan fingerprint density at radius 3 is 2.67 bits per heavy atom. The summed E-state index contributed by atoms with van der Waals surface area (Å²) < 4.78 is 0. The molecule has 2 atom stereocenters. The zero-order valence-corrected chi connectivity index (χ0v) is 7.29. The Kier molecular flexibility index (Phi) is 4.89. The third kappa shape index (κ3) is 4.58. The summed E-state index contributed by atoms with van der Waals surface area (Å²) in [6.45, 7) is 3.50. The number of nitrogens with one attached hydrogen (secondary N) is 2. The molecule has 0 aliphatic heterocycles. The number of aliphatic hydroxyl groups is 1. The number of terminal acetylenes is 1. The fourth-order valence-electron chi connectivity index (χ4n) is 0.510. The molecule has 0 aromatic heterocycles. The van der Waals surface area contributed by atoms with Crippen molar-refractivity contribution >= 4 is 6.03 Å². The van der Waals surface area contributed by atoms with E-state index in [1.807, 2.05) is 0 Å². The van der Waals surface area contributed by atoms with E-state index < -0.39 is 6.10 Å². The molecule has 0 aromatic carbocycles. The smallest absolute Gasteiger partial charge is 0.315 e. The van der Waals surface area contributed by atoms with Crippen molar-refractivity contribution in [3.8, 4) is 12.3 Å². The molecule has 0 rings (SSSR count). The van der Waals surface area contributed by atoms with Gasteiger partial charge in [-0.1, -0.05) is 5.92 Å². The number of carbonyl (C=O) groups excluding carboxylic acids is 1. The molecular weight excluding hydrogens is 156 g/mol. The minimum absolute atomic E-state index is 0.193. The Labute approximate surface area is 72.3 Å². The van der Waals surface area contributed by atoms with Gasteiger partial charge in [-0.05, 0) is 13.8 Å². The number of aliphatic hydroxyl groups excluding tert-OH is 1. The van der Waals surface area contributed by atoms with E-state index in [0.717, 1.165) is 0 Å². The topological polar surface area (TPSA) is 61.4 Å². The Hall–Kier alpha value is -1.21. The van der Waals surface area contributed by atoms with Crippen LogP contribution >= 0.6 is 0 Å². The van der Waals surface area contributed by atoms with Gasteiger partial charge >= 0.3 is 6.03 Å². The van der Waals surface area contributed by atoms with Crippen LogP contribution in [0.4, 0.5) is 4.79 Å². The van der Waals surface area contributed by atoms with Crippen molar-refractivity contribution in [1.82, 2.24) is 10.6 Å². The van der Waals surface area contributed by atoms with Gasteiger partial charge in [0.15, 0.2) is 0 Å². The van der Waals surface area contributed by atoms with Gasteiger partial charge in [0.1, 0.15) is 0 Å². The van der Waals surface area contributed by atoms with Crippen LogP contribution in [-0.2, 0) is 0 Å². The lowest BCUT2D eigenvalue weighted by Gasteiger charge is -2.16. The quantitative estimate of drug-likeness (QED) is 0.509. The van der Waals surface area contributed by atoms with Gasteiger partial charge in [0, 0.05) is 0 Å². The van der Waals surface area contributed by atoms with E-state index in [0.29, 0.717) is 0 Å². The molecule has 4 heteroatoms. The second-order valence-corrected chi connectivity index (χ2v) is 2.56. The molecular formula is C8H14N2O2. The predicted molar refractivity (Wildman–Crippen MR) is 46.5 cm³/mol. The Morgan fingerprint density at radius 1 is 1.67 bits per heavy atom. The highest BCUT2D eigenvalue weighted by Gasteiger charge is 2.10. The molecule has 0 aromatic rings. The van der Waals surface area contributed by atoms with E-state index in [-0.39, 0.29) is 18.6 Å². The first kappa shape index (κ1) is 10.8. The van der Waals surface area contributed by atoms with Gasteiger partial charge in [-0.15, -0.1) is 6.42 Å². The summed E-state index contributed by atoms with van der Waals surface area (Å²) in [7, 11) is 0. The van der Waals surface area contributed by atoms with Crippen molar-refractivity contribution in [3.63, 3.8) is 0 Å². The lowest BCUT2D eigenvalue weighted by Crippen LogP contribution is -2.45. The first-order valence-electron chi connectivity index (χ1n) is 3.73. The number of rotatable bonds is 3. The Morgan fingerprint density at radius 2 is 2.25 bits per heavy atom. The first-order chi connectivity index (χ1) is 5.57. The summed E-state index contributed by atoms with van der Waals surface area (Å²) in [6.07, 6.45) is 4.36. The Balaban J connectivity index is 3.63. The second kappa shape index (κ2) is 5.44. The van der Waals surface area contributed by atoms with Gasteiger partial charge in [0.25, 0.3) is 0 Å². The number of carbonyl (C=O) groups is 1. The van der Waals surface area contributed by atoms with Gasteiger partial charge in [-0.2, -0.15) is 0 Å². The van der Waals surface area contributed by atoms with E-state index in [9.17, 15) is 4.79 Å². The van der Waals surface area contributed by atoms with Crippen LogP contribution in [0.3, 0.4) is 0 Å². The highest BCUT2D eigenvalue weighted by atomic mass is 16.3. The van der Waals surface area contributed by atoms with E-state index in [1.54, 1.807) is 13.8 Å². The second-order valence-electron chi connectivity index (χ2n) is 2.56. The minimum atomic E-state index is -0.568. The zero-order chi connectivity index (χ0) is 9.56. The summed E-state index contributed by atoms with van der Waals surface area (Å²) in [6, 6.07) is -0.635. The molecule has 3 N–H and O–H groups in total. The largest absolute Gasteiger partial charge is 0.391 e. The van der Waals surface area contributed by atoms with Crippen LogP contribution in [-0.4, -0.2) is 29.8 Å². The highest BCUT2D eigenvalue weighted by molar-refractivity contribution is 5.74.